The van der Waals surface area contributed by atoms with Crippen LogP contribution < -0.4 is 0 Å². The van der Waals surface area contributed by atoms with Crippen molar-refractivity contribution in [2.45, 2.75) is 37.6 Å². The Morgan fingerprint density at radius 1 is 1.25 bits per heavy atom. The summed E-state index contributed by atoms with van der Waals surface area (Å²) in [5.74, 6) is -0.744. The highest BCUT2D eigenvalue weighted by atomic mass is 35.5. The number of ether oxygens (including phenoxy) is 1. The van der Waals surface area contributed by atoms with Gasteiger partial charge in [0.1, 0.15) is 0 Å². The van der Waals surface area contributed by atoms with E-state index >= 15 is 0 Å². The van der Waals surface area contributed by atoms with E-state index in [9.17, 15) is 9.59 Å². The maximum Gasteiger partial charge on any atom is 0.305 e. The van der Waals surface area contributed by atoms with E-state index in [0.29, 0.717) is 18.2 Å². The van der Waals surface area contributed by atoms with E-state index in [0.717, 1.165) is 24.8 Å². The van der Waals surface area contributed by atoms with Crippen molar-refractivity contribution in [2.24, 2.45) is 5.92 Å². The number of halogens is 1. The van der Waals surface area contributed by atoms with Gasteiger partial charge in [-0.05, 0) is 36.8 Å². The van der Waals surface area contributed by atoms with Gasteiger partial charge < -0.3 is 14.7 Å². The molecule has 0 spiro atoms. The van der Waals surface area contributed by atoms with E-state index in [-0.39, 0.29) is 36.8 Å². The zero-order valence-electron chi connectivity index (χ0n) is 13.5. The number of benzene rings is 1. The predicted molar refractivity (Wildman–Crippen MR) is 90.1 cm³/mol. The number of aliphatic carboxylic acids is 1. The third kappa shape index (κ3) is 3.90. The molecule has 3 rings (SSSR count). The summed E-state index contributed by atoms with van der Waals surface area (Å²) in [4.78, 5) is 25.7. The molecule has 1 N–H and O–H groups in total. The van der Waals surface area contributed by atoms with Gasteiger partial charge in [0.15, 0.2) is 0 Å². The minimum absolute atomic E-state index is 0.0213. The first-order chi connectivity index (χ1) is 11.6. The van der Waals surface area contributed by atoms with E-state index < -0.39 is 5.97 Å². The van der Waals surface area contributed by atoms with Gasteiger partial charge in [-0.25, -0.2) is 0 Å². The standard InChI is InChI=1S/C18H22ClNO4/c19-16-4-2-1-3-13(16)14-11-15(14)18(23)20(8-5-17(21)22)12-6-9-24-10-7-12/h1-4,12,14-15H,5-11H2,(H,21,22)/t14-,15-/m1/s1. The minimum atomic E-state index is -0.877. The highest BCUT2D eigenvalue weighted by Crippen LogP contribution is 2.50. The van der Waals surface area contributed by atoms with Crippen molar-refractivity contribution in [2.75, 3.05) is 19.8 Å². The Morgan fingerprint density at radius 3 is 2.62 bits per heavy atom. The van der Waals surface area contributed by atoms with E-state index in [4.69, 9.17) is 21.4 Å². The Morgan fingerprint density at radius 2 is 1.96 bits per heavy atom. The van der Waals surface area contributed by atoms with E-state index in [1.165, 1.54) is 0 Å². The molecule has 1 aromatic rings. The molecule has 1 amide bonds. The fourth-order valence-electron chi connectivity index (χ4n) is 3.49. The van der Waals surface area contributed by atoms with Gasteiger partial charge in [0, 0.05) is 36.7 Å². The van der Waals surface area contributed by atoms with Crippen molar-refractivity contribution in [3.05, 3.63) is 34.9 Å². The number of rotatable bonds is 6. The van der Waals surface area contributed by atoms with Crippen LogP contribution in [0.3, 0.4) is 0 Å². The molecule has 2 aliphatic rings. The molecule has 1 saturated heterocycles. The van der Waals surface area contributed by atoms with Crippen LogP contribution >= 0.6 is 11.6 Å². The van der Waals surface area contributed by atoms with E-state index in [1.807, 2.05) is 24.3 Å². The number of carboxylic acids is 1. The lowest BCUT2D eigenvalue weighted by Crippen LogP contribution is -2.45. The second-order valence-electron chi connectivity index (χ2n) is 6.49. The lowest BCUT2D eigenvalue weighted by atomic mass is 10.0. The van der Waals surface area contributed by atoms with Crippen LogP contribution in [-0.4, -0.2) is 47.7 Å². The summed E-state index contributed by atoms with van der Waals surface area (Å²) in [6.45, 7) is 1.52. The highest BCUT2D eigenvalue weighted by molar-refractivity contribution is 6.31. The molecule has 2 atom stereocenters. The van der Waals surface area contributed by atoms with Gasteiger partial charge in [0.25, 0.3) is 0 Å². The average Bonchev–Trinajstić information content (AvgIpc) is 3.36. The largest absolute Gasteiger partial charge is 0.481 e. The molecule has 0 aromatic heterocycles. The summed E-state index contributed by atoms with van der Waals surface area (Å²) in [6.07, 6.45) is 2.31. The lowest BCUT2D eigenvalue weighted by molar-refractivity contribution is -0.141. The van der Waals surface area contributed by atoms with Crippen LogP contribution in [-0.2, 0) is 14.3 Å². The van der Waals surface area contributed by atoms with Crippen molar-refractivity contribution in [3.63, 3.8) is 0 Å². The zero-order chi connectivity index (χ0) is 17.1. The first kappa shape index (κ1) is 17.2. The quantitative estimate of drug-likeness (QED) is 0.855. The fourth-order valence-corrected chi connectivity index (χ4v) is 3.76. The first-order valence-electron chi connectivity index (χ1n) is 8.42. The van der Waals surface area contributed by atoms with Gasteiger partial charge >= 0.3 is 5.97 Å². The monoisotopic (exact) mass is 351 g/mol. The Balaban J connectivity index is 1.69. The molecular weight excluding hydrogens is 330 g/mol. The molecule has 0 unspecified atom stereocenters. The number of hydrogen-bond donors (Lipinski definition) is 1. The second kappa shape index (κ2) is 7.53. The van der Waals surface area contributed by atoms with Crippen molar-refractivity contribution in [1.29, 1.82) is 0 Å². The fraction of sp³-hybridized carbons (Fsp3) is 0.556. The third-order valence-corrected chi connectivity index (χ3v) is 5.24. The molecule has 130 valence electrons. The number of amides is 1. The molecule has 5 nitrogen and oxygen atoms in total. The Labute approximate surface area is 146 Å². The number of hydrogen-bond acceptors (Lipinski definition) is 3. The number of carbonyl (C=O) groups is 2. The van der Waals surface area contributed by atoms with Crippen LogP contribution in [0.25, 0.3) is 0 Å². The number of nitrogens with zero attached hydrogens (tertiary/aromatic N) is 1. The molecule has 24 heavy (non-hydrogen) atoms. The van der Waals surface area contributed by atoms with E-state index in [1.54, 1.807) is 4.90 Å². The molecule has 0 bridgehead atoms. The van der Waals surface area contributed by atoms with Gasteiger partial charge in [-0.2, -0.15) is 0 Å². The molecule has 1 aliphatic heterocycles. The summed E-state index contributed by atoms with van der Waals surface area (Å²) < 4.78 is 5.37. The van der Waals surface area contributed by atoms with Crippen LogP contribution in [0, 0.1) is 5.92 Å². The summed E-state index contributed by atoms with van der Waals surface area (Å²) in [6, 6.07) is 7.71. The lowest BCUT2D eigenvalue weighted by Gasteiger charge is -2.34. The zero-order valence-corrected chi connectivity index (χ0v) is 14.2. The van der Waals surface area contributed by atoms with Gasteiger partial charge in [-0.1, -0.05) is 29.8 Å². The predicted octanol–water partition coefficient (Wildman–Crippen LogP) is 2.93. The Kier molecular flexibility index (Phi) is 5.41. The summed E-state index contributed by atoms with van der Waals surface area (Å²) >= 11 is 6.24. The maximum absolute atomic E-state index is 13.0. The minimum Gasteiger partial charge on any atom is -0.481 e. The molecule has 2 fully saturated rings. The summed E-state index contributed by atoms with van der Waals surface area (Å²) in [5.41, 5.74) is 1.02. The van der Waals surface area contributed by atoms with Gasteiger partial charge in [-0.3, -0.25) is 9.59 Å². The molecule has 1 heterocycles. The number of carbonyl (C=O) groups excluding carboxylic acids is 1. The first-order valence-corrected chi connectivity index (χ1v) is 8.80. The third-order valence-electron chi connectivity index (χ3n) is 4.89. The van der Waals surface area contributed by atoms with Crippen LogP contribution in [0.2, 0.25) is 5.02 Å². The number of carboxylic acid groups (broad SMARTS) is 1. The van der Waals surface area contributed by atoms with Crippen molar-refractivity contribution >= 4 is 23.5 Å². The molecular formula is C18H22ClNO4. The van der Waals surface area contributed by atoms with Crippen molar-refractivity contribution in [1.82, 2.24) is 4.90 Å². The van der Waals surface area contributed by atoms with Gasteiger partial charge in [-0.15, -0.1) is 0 Å². The maximum atomic E-state index is 13.0. The molecule has 0 radical (unpaired) electrons. The van der Waals surface area contributed by atoms with Crippen molar-refractivity contribution < 1.29 is 19.4 Å². The normalized spacial score (nSPS) is 23.7. The summed E-state index contributed by atoms with van der Waals surface area (Å²) in [7, 11) is 0. The second-order valence-corrected chi connectivity index (χ2v) is 6.90. The van der Waals surface area contributed by atoms with Crippen molar-refractivity contribution in [3.8, 4) is 0 Å². The van der Waals surface area contributed by atoms with Crippen LogP contribution in [0.4, 0.5) is 0 Å². The molecule has 1 aliphatic carbocycles. The molecule has 1 saturated carbocycles. The molecule has 6 heteroatoms. The van der Waals surface area contributed by atoms with Crippen LogP contribution in [0.1, 0.15) is 37.2 Å². The average molecular weight is 352 g/mol. The van der Waals surface area contributed by atoms with Gasteiger partial charge in [0.2, 0.25) is 5.91 Å². The molecule has 1 aromatic carbocycles. The Hall–Kier alpha value is -1.59. The van der Waals surface area contributed by atoms with Gasteiger partial charge in [0.05, 0.1) is 6.42 Å². The van der Waals surface area contributed by atoms with Crippen LogP contribution in [0.15, 0.2) is 24.3 Å². The van der Waals surface area contributed by atoms with Crippen LogP contribution in [0.5, 0.6) is 0 Å². The smallest absolute Gasteiger partial charge is 0.305 e. The Bertz CT molecular complexity index is 615. The van der Waals surface area contributed by atoms with E-state index in [2.05, 4.69) is 0 Å². The SMILES string of the molecule is O=C(O)CCN(C(=O)[C@@H]1C[C@@H]1c1ccccc1Cl)C1CCOCC1. The highest BCUT2D eigenvalue weighted by Gasteiger charge is 2.47. The topological polar surface area (TPSA) is 66.8 Å². The summed E-state index contributed by atoms with van der Waals surface area (Å²) in [5, 5.41) is 9.68.